The number of ether oxygens (including phenoxy) is 2. The van der Waals surface area contributed by atoms with Crippen LogP contribution in [0.25, 0.3) is 11.4 Å². The number of hydrogen-bond acceptors (Lipinski definition) is 6. The highest BCUT2D eigenvalue weighted by Gasteiger charge is 2.10. The largest absolute Gasteiger partial charge is 0.497 e. The topological polar surface area (TPSA) is 89.1 Å². The van der Waals surface area contributed by atoms with Crippen LogP contribution in [0.2, 0.25) is 0 Å². The van der Waals surface area contributed by atoms with E-state index in [1.165, 1.54) is 11.8 Å². The molecule has 0 atom stereocenters. The third kappa shape index (κ3) is 6.25. The minimum absolute atomic E-state index is 0.120. The quantitative estimate of drug-likeness (QED) is 0.379. The molecule has 7 nitrogen and oxygen atoms in total. The first-order valence-corrected chi connectivity index (χ1v) is 10.4. The van der Waals surface area contributed by atoms with E-state index < -0.39 is 0 Å². The Bertz CT molecular complexity index is 910. The van der Waals surface area contributed by atoms with Crippen molar-refractivity contribution in [2.24, 2.45) is 0 Å². The van der Waals surface area contributed by atoms with E-state index in [9.17, 15) is 4.79 Å². The van der Waals surface area contributed by atoms with Crippen molar-refractivity contribution in [3.05, 3.63) is 48.5 Å². The second-order valence-electron chi connectivity index (χ2n) is 6.26. The van der Waals surface area contributed by atoms with Crippen molar-refractivity contribution >= 4 is 23.4 Å². The maximum Gasteiger partial charge on any atom is 0.234 e. The monoisotopic (exact) mass is 412 g/mol. The van der Waals surface area contributed by atoms with E-state index in [1.807, 2.05) is 48.5 Å². The number of hydrogen-bond donors (Lipinski definition) is 2. The predicted octanol–water partition coefficient (Wildman–Crippen LogP) is 4.39. The lowest BCUT2D eigenvalue weighted by Gasteiger charge is -2.07. The maximum atomic E-state index is 12.2. The average molecular weight is 413 g/mol. The number of nitrogens with one attached hydrogen (secondary N) is 2. The molecule has 8 heteroatoms. The first-order chi connectivity index (χ1) is 14.2. The molecule has 2 N–H and O–H groups in total. The highest BCUT2D eigenvalue weighted by atomic mass is 32.2. The number of methoxy groups -OCH3 is 1. The molecule has 3 rings (SSSR count). The van der Waals surface area contributed by atoms with Gasteiger partial charge in [0.2, 0.25) is 11.1 Å². The Morgan fingerprint density at radius 1 is 1.10 bits per heavy atom. The first-order valence-electron chi connectivity index (χ1n) is 9.40. The maximum absolute atomic E-state index is 12.2. The van der Waals surface area contributed by atoms with Gasteiger partial charge in [-0.15, -0.1) is 5.10 Å². The third-order valence-corrected chi connectivity index (χ3v) is 4.91. The number of rotatable bonds is 10. The number of unbranched alkanes of at least 4 members (excludes halogenated alkanes) is 1. The lowest BCUT2D eigenvalue weighted by Crippen LogP contribution is -2.14. The summed E-state index contributed by atoms with van der Waals surface area (Å²) < 4.78 is 10.8. The number of benzene rings is 2. The minimum atomic E-state index is -0.120. The van der Waals surface area contributed by atoms with Gasteiger partial charge in [0, 0.05) is 11.3 Å². The first kappa shape index (κ1) is 20.7. The number of aromatic amines is 1. The van der Waals surface area contributed by atoms with Crippen LogP contribution in [-0.2, 0) is 4.79 Å². The Labute approximate surface area is 174 Å². The van der Waals surface area contributed by atoms with E-state index in [0.717, 1.165) is 35.6 Å². The van der Waals surface area contributed by atoms with Crippen molar-refractivity contribution in [3.8, 4) is 22.9 Å². The summed E-state index contributed by atoms with van der Waals surface area (Å²) in [6.07, 6.45) is 2.12. The van der Waals surface area contributed by atoms with Crippen LogP contribution in [-0.4, -0.2) is 40.6 Å². The molecular weight excluding hydrogens is 388 g/mol. The van der Waals surface area contributed by atoms with E-state index in [-0.39, 0.29) is 11.7 Å². The highest BCUT2D eigenvalue weighted by molar-refractivity contribution is 7.99. The van der Waals surface area contributed by atoms with Gasteiger partial charge in [0.15, 0.2) is 5.82 Å². The molecule has 1 aromatic heterocycles. The molecule has 0 bridgehead atoms. The molecule has 0 unspecified atom stereocenters. The Hall–Kier alpha value is -3.00. The summed E-state index contributed by atoms with van der Waals surface area (Å²) in [5, 5.41) is 10.4. The van der Waals surface area contributed by atoms with Crippen molar-refractivity contribution in [3.63, 3.8) is 0 Å². The number of nitrogens with zero attached hydrogens (tertiary/aromatic N) is 2. The zero-order chi connectivity index (χ0) is 20.5. The molecular formula is C21H24N4O3S. The van der Waals surface area contributed by atoms with Gasteiger partial charge in [-0.3, -0.25) is 9.89 Å². The van der Waals surface area contributed by atoms with Gasteiger partial charge in [-0.2, -0.15) is 0 Å². The van der Waals surface area contributed by atoms with Gasteiger partial charge in [0.1, 0.15) is 11.5 Å². The summed E-state index contributed by atoms with van der Waals surface area (Å²) in [7, 11) is 1.62. The average Bonchev–Trinajstić information content (AvgIpc) is 3.23. The molecule has 0 saturated heterocycles. The third-order valence-electron chi connectivity index (χ3n) is 4.07. The normalized spacial score (nSPS) is 10.6. The Kier molecular flexibility index (Phi) is 7.52. The molecule has 29 heavy (non-hydrogen) atoms. The highest BCUT2D eigenvalue weighted by Crippen LogP contribution is 2.22. The Morgan fingerprint density at radius 3 is 2.52 bits per heavy atom. The standard InChI is InChI=1S/C21H24N4O3S/c1-3-4-13-28-18-11-7-16(8-12-18)22-19(26)14-29-21-23-20(24-25-21)15-5-9-17(27-2)10-6-15/h5-12H,3-4,13-14H2,1-2H3,(H,22,26)(H,23,24,25). The van der Waals surface area contributed by atoms with Crippen molar-refractivity contribution in [1.29, 1.82) is 0 Å². The number of thioether (sulfide) groups is 1. The second-order valence-corrected chi connectivity index (χ2v) is 7.20. The van der Waals surface area contributed by atoms with E-state index >= 15 is 0 Å². The SMILES string of the molecule is CCCCOc1ccc(NC(=O)CSc2n[nH]c(-c3ccc(OC)cc3)n2)cc1. The van der Waals surface area contributed by atoms with Crippen LogP contribution in [0.5, 0.6) is 11.5 Å². The van der Waals surface area contributed by atoms with E-state index in [0.29, 0.717) is 17.6 Å². The van der Waals surface area contributed by atoms with Crippen LogP contribution < -0.4 is 14.8 Å². The van der Waals surface area contributed by atoms with Crippen molar-refractivity contribution in [2.75, 3.05) is 24.8 Å². The van der Waals surface area contributed by atoms with Crippen LogP contribution in [0.15, 0.2) is 53.7 Å². The van der Waals surface area contributed by atoms with Gasteiger partial charge in [0.25, 0.3) is 0 Å². The number of H-pyrrole nitrogens is 1. The molecule has 1 amide bonds. The van der Waals surface area contributed by atoms with Gasteiger partial charge in [-0.05, 0) is 55.0 Å². The van der Waals surface area contributed by atoms with Gasteiger partial charge < -0.3 is 14.8 Å². The fourth-order valence-corrected chi connectivity index (χ4v) is 3.08. The molecule has 152 valence electrons. The van der Waals surface area contributed by atoms with Crippen molar-refractivity contribution in [2.45, 2.75) is 24.9 Å². The molecule has 0 fully saturated rings. The number of carbonyl (C=O) groups is 1. The van der Waals surface area contributed by atoms with Gasteiger partial charge in [-0.1, -0.05) is 25.1 Å². The van der Waals surface area contributed by atoms with Gasteiger partial charge in [-0.25, -0.2) is 4.98 Å². The van der Waals surface area contributed by atoms with Crippen LogP contribution >= 0.6 is 11.8 Å². The predicted molar refractivity (Wildman–Crippen MR) is 115 cm³/mol. The Morgan fingerprint density at radius 2 is 1.83 bits per heavy atom. The van der Waals surface area contributed by atoms with Gasteiger partial charge >= 0.3 is 0 Å². The molecule has 0 spiro atoms. The van der Waals surface area contributed by atoms with E-state index in [4.69, 9.17) is 9.47 Å². The molecule has 0 aliphatic carbocycles. The summed E-state index contributed by atoms with van der Waals surface area (Å²) >= 11 is 1.27. The van der Waals surface area contributed by atoms with Crippen LogP contribution in [0, 0.1) is 0 Å². The number of anilines is 1. The summed E-state index contributed by atoms with van der Waals surface area (Å²) in [5.41, 5.74) is 1.63. The lowest BCUT2D eigenvalue weighted by atomic mass is 10.2. The summed E-state index contributed by atoms with van der Waals surface area (Å²) in [6, 6.07) is 14.9. The Balaban J connectivity index is 1.47. The zero-order valence-electron chi connectivity index (χ0n) is 16.5. The fraction of sp³-hybridized carbons (Fsp3) is 0.286. The summed E-state index contributed by atoms with van der Waals surface area (Å²) in [5.74, 6) is 2.33. The smallest absolute Gasteiger partial charge is 0.234 e. The molecule has 0 radical (unpaired) electrons. The lowest BCUT2D eigenvalue weighted by molar-refractivity contribution is -0.113. The van der Waals surface area contributed by atoms with Crippen LogP contribution in [0.4, 0.5) is 5.69 Å². The molecule has 2 aromatic carbocycles. The molecule has 0 aliphatic heterocycles. The van der Waals surface area contributed by atoms with E-state index in [2.05, 4.69) is 27.4 Å². The van der Waals surface area contributed by atoms with Crippen LogP contribution in [0.1, 0.15) is 19.8 Å². The molecule has 3 aromatic rings. The number of carbonyl (C=O) groups excluding carboxylic acids is 1. The zero-order valence-corrected chi connectivity index (χ0v) is 17.3. The van der Waals surface area contributed by atoms with E-state index in [1.54, 1.807) is 7.11 Å². The van der Waals surface area contributed by atoms with Crippen molar-refractivity contribution < 1.29 is 14.3 Å². The molecule has 0 aliphatic rings. The van der Waals surface area contributed by atoms with Crippen molar-refractivity contribution in [1.82, 2.24) is 15.2 Å². The minimum Gasteiger partial charge on any atom is -0.497 e. The van der Waals surface area contributed by atoms with Crippen LogP contribution in [0.3, 0.4) is 0 Å². The number of amides is 1. The second kappa shape index (κ2) is 10.5. The molecule has 0 saturated carbocycles. The summed E-state index contributed by atoms with van der Waals surface area (Å²) in [6.45, 7) is 2.83. The fourth-order valence-electron chi connectivity index (χ4n) is 2.48. The number of aromatic nitrogens is 3. The molecule has 1 heterocycles. The summed E-state index contributed by atoms with van der Waals surface area (Å²) in [4.78, 5) is 16.6. The van der Waals surface area contributed by atoms with Gasteiger partial charge in [0.05, 0.1) is 19.5 Å².